The fourth-order valence-electron chi connectivity index (χ4n) is 2.00. The molecule has 106 valence electrons. The van der Waals surface area contributed by atoms with Crippen LogP contribution in [0, 0.1) is 0 Å². The normalized spacial score (nSPS) is 39.8. The second kappa shape index (κ2) is 5.26. The molecular weight excluding hydrogens is 291 g/mol. The maximum Gasteiger partial charge on any atom is 0.520 e. The molecule has 9 heteroatoms. The smallest absolute Gasteiger partial charge is 0.371 e. The summed E-state index contributed by atoms with van der Waals surface area (Å²) in [6, 6.07) is 0. The molecule has 0 aliphatic carbocycles. The highest BCUT2D eigenvalue weighted by atomic mass is 35.5. The standard InChI is InChI=1S/C9H15ClF3NO3Si/c1-7(10)18-15-4-2-14(3-5-16-18)6-8(17-18)9(11,12)13/h7-8H,2-6H2,1H3. The number of alkyl halides is 4. The Kier molecular flexibility index (Phi) is 4.25. The summed E-state index contributed by atoms with van der Waals surface area (Å²) in [6.07, 6.45) is -6.34. The summed E-state index contributed by atoms with van der Waals surface area (Å²) in [5.74, 6) is 0. The highest BCUT2D eigenvalue weighted by Gasteiger charge is 2.56. The van der Waals surface area contributed by atoms with Crippen LogP contribution in [0.1, 0.15) is 6.92 Å². The number of fused-ring (bicyclic) bond motifs is 6. The molecule has 3 heterocycles. The molecule has 0 aromatic heterocycles. The SMILES string of the molecule is CC(Cl)[Si]12OCCN(CCO1)CC(C(F)(F)F)O2. The van der Waals surface area contributed by atoms with Gasteiger partial charge in [0.05, 0.1) is 13.2 Å². The topological polar surface area (TPSA) is 30.9 Å². The van der Waals surface area contributed by atoms with E-state index in [1.807, 2.05) is 0 Å². The molecule has 3 fully saturated rings. The summed E-state index contributed by atoms with van der Waals surface area (Å²) in [5.41, 5.74) is 0. The van der Waals surface area contributed by atoms with Crippen molar-refractivity contribution in [1.82, 2.24) is 4.90 Å². The molecule has 0 aromatic rings. The lowest BCUT2D eigenvalue weighted by Crippen LogP contribution is -2.64. The van der Waals surface area contributed by atoms with E-state index in [-0.39, 0.29) is 19.8 Å². The van der Waals surface area contributed by atoms with Gasteiger partial charge >= 0.3 is 15.0 Å². The zero-order valence-corrected chi connectivity index (χ0v) is 11.6. The van der Waals surface area contributed by atoms with Crippen molar-refractivity contribution in [3.05, 3.63) is 0 Å². The van der Waals surface area contributed by atoms with Crippen LogP contribution < -0.4 is 0 Å². The number of rotatable bonds is 1. The van der Waals surface area contributed by atoms with E-state index >= 15 is 0 Å². The average Bonchev–Trinajstić information content (AvgIpc) is 2.11. The first-order valence-electron chi connectivity index (χ1n) is 5.72. The molecule has 2 atom stereocenters. The first kappa shape index (κ1) is 14.5. The molecule has 4 nitrogen and oxygen atoms in total. The maximum atomic E-state index is 12.9. The fraction of sp³-hybridized carbons (Fsp3) is 1.00. The van der Waals surface area contributed by atoms with Crippen molar-refractivity contribution < 1.29 is 26.4 Å². The number of hydrogen-bond donors (Lipinski definition) is 0. The Bertz CT molecular complexity index is 295. The largest absolute Gasteiger partial charge is 0.520 e. The van der Waals surface area contributed by atoms with Crippen molar-refractivity contribution in [1.29, 1.82) is 0 Å². The highest BCUT2D eigenvalue weighted by Crippen LogP contribution is 2.32. The molecule has 3 saturated heterocycles. The van der Waals surface area contributed by atoms with Crippen LogP contribution in [0.25, 0.3) is 0 Å². The van der Waals surface area contributed by atoms with Crippen molar-refractivity contribution in [2.75, 3.05) is 32.8 Å². The van der Waals surface area contributed by atoms with Crippen LogP contribution in [-0.4, -0.2) is 63.8 Å². The molecule has 0 aromatic carbocycles. The average molecular weight is 306 g/mol. The van der Waals surface area contributed by atoms with Gasteiger partial charge in [0, 0.05) is 19.6 Å². The summed E-state index contributed by atoms with van der Waals surface area (Å²) in [7, 11) is -3.46. The minimum Gasteiger partial charge on any atom is -0.371 e. The summed E-state index contributed by atoms with van der Waals surface area (Å²) in [5, 5.41) is -0.702. The van der Waals surface area contributed by atoms with Crippen molar-refractivity contribution in [3.8, 4) is 0 Å². The summed E-state index contributed by atoms with van der Waals surface area (Å²) in [6.45, 7) is 2.83. The molecule has 2 unspecified atom stereocenters. The molecule has 18 heavy (non-hydrogen) atoms. The minimum atomic E-state index is -4.44. The van der Waals surface area contributed by atoms with Gasteiger partial charge in [0.25, 0.3) is 0 Å². The van der Waals surface area contributed by atoms with E-state index in [4.69, 9.17) is 24.9 Å². The van der Waals surface area contributed by atoms with E-state index in [1.165, 1.54) is 0 Å². The van der Waals surface area contributed by atoms with Crippen molar-refractivity contribution in [2.45, 2.75) is 24.2 Å². The van der Waals surface area contributed by atoms with E-state index in [9.17, 15) is 13.2 Å². The molecule has 0 spiro atoms. The first-order valence-corrected chi connectivity index (χ1v) is 7.96. The van der Waals surface area contributed by atoms with E-state index < -0.39 is 26.1 Å². The van der Waals surface area contributed by atoms with E-state index in [1.54, 1.807) is 11.8 Å². The molecule has 2 bridgehead atoms. The summed E-state index contributed by atoms with van der Waals surface area (Å²) in [4.78, 5) is 1.63. The molecule has 0 N–H and O–H groups in total. The highest BCUT2D eigenvalue weighted by molar-refractivity contribution is 6.71. The molecule has 3 aliphatic heterocycles. The van der Waals surface area contributed by atoms with E-state index in [0.717, 1.165) is 0 Å². The number of hydrogen-bond acceptors (Lipinski definition) is 4. The van der Waals surface area contributed by atoms with E-state index in [2.05, 4.69) is 0 Å². The van der Waals surface area contributed by atoms with Gasteiger partial charge in [-0.3, -0.25) is 4.90 Å². The molecule has 3 aliphatic rings. The quantitative estimate of drug-likeness (QED) is 0.541. The summed E-state index contributed by atoms with van der Waals surface area (Å²) >= 11 is 5.96. The van der Waals surface area contributed by atoms with Gasteiger partial charge in [-0.2, -0.15) is 13.2 Å². The predicted molar refractivity (Wildman–Crippen MR) is 60.3 cm³/mol. The third-order valence-corrected chi connectivity index (χ3v) is 6.61. The second-order valence-electron chi connectivity index (χ2n) is 4.37. The minimum absolute atomic E-state index is 0.186. The zero-order valence-electron chi connectivity index (χ0n) is 9.87. The monoisotopic (exact) mass is 305 g/mol. The second-order valence-corrected chi connectivity index (χ2v) is 8.27. The van der Waals surface area contributed by atoms with Gasteiger partial charge in [-0.15, -0.1) is 11.6 Å². The van der Waals surface area contributed by atoms with E-state index in [0.29, 0.717) is 13.1 Å². The predicted octanol–water partition coefficient (Wildman–Crippen LogP) is 1.40. The van der Waals surface area contributed by atoms with Crippen LogP contribution in [-0.2, 0) is 13.3 Å². The lowest BCUT2D eigenvalue weighted by atomic mass is 10.3. The maximum absolute atomic E-state index is 12.9. The van der Waals surface area contributed by atoms with Crippen LogP contribution in [0.3, 0.4) is 0 Å². The van der Waals surface area contributed by atoms with Gasteiger partial charge in [-0.1, -0.05) is 0 Å². The molecule has 0 saturated carbocycles. The number of nitrogens with zero attached hydrogens (tertiary/aromatic N) is 1. The third-order valence-electron chi connectivity index (χ3n) is 3.00. The lowest BCUT2D eigenvalue weighted by Gasteiger charge is -2.42. The van der Waals surface area contributed by atoms with Gasteiger partial charge in [0.15, 0.2) is 6.10 Å². The van der Waals surface area contributed by atoms with Crippen LogP contribution in [0.2, 0.25) is 0 Å². The van der Waals surface area contributed by atoms with Gasteiger partial charge in [0.1, 0.15) is 5.00 Å². The van der Waals surface area contributed by atoms with Crippen LogP contribution >= 0.6 is 11.6 Å². The zero-order chi connectivity index (χ0) is 13.4. The van der Waals surface area contributed by atoms with Crippen LogP contribution in [0.15, 0.2) is 0 Å². The Labute approximate surface area is 109 Å². The molecular formula is C9H15ClF3NO3Si. The van der Waals surface area contributed by atoms with Crippen LogP contribution in [0.4, 0.5) is 13.2 Å². The number of halogens is 4. The van der Waals surface area contributed by atoms with Crippen molar-refractivity contribution in [2.24, 2.45) is 0 Å². The van der Waals surface area contributed by atoms with Crippen molar-refractivity contribution >= 4 is 20.4 Å². The summed E-state index contributed by atoms with van der Waals surface area (Å²) < 4.78 is 54.8. The Hall–Kier alpha value is 0.137. The van der Waals surface area contributed by atoms with Gasteiger partial charge in [-0.25, -0.2) is 0 Å². The Morgan fingerprint density at radius 2 is 1.83 bits per heavy atom. The molecule has 3 rings (SSSR count). The molecule has 0 radical (unpaired) electrons. The third kappa shape index (κ3) is 2.99. The van der Waals surface area contributed by atoms with Gasteiger partial charge < -0.3 is 13.3 Å². The lowest BCUT2D eigenvalue weighted by molar-refractivity contribution is -0.220. The first-order chi connectivity index (χ1) is 8.33. The Morgan fingerprint density at radius 3 is 2.28 bits per heavy atom. The van der Waals surface area contributed by atoms with Crippen molar-refractivity contribution in [3.63, 3.8) is 0 Å². The van der Waals surface area contributed by atoms with Gasteiger partial charge in [0.2, 0.25) is 0 Å². The fourth-order valence-corrected chi connectivity index (χ4v) is 4.76. The Morgan fingerprint density at radius 1 is 1.28 bits per heavy atom. The van der Waals surface area contributed by atoms with Gasteiger partial charge in [-0.05, 0) is 6.92 Å². The molecule has 0 amide bonds. The Balaban J connectivity index is 2.27. The van der Waals surface area contributed by atoms with Crippen LogP contribution in [0.5, 0.6) is 0 Å².